The molecule has 0 unspecified atom stereocenters. The second-order valence-corrected chi connectivity index (χ2v) is 6.31. The molecule has 2 aromatic rings. The van der Waals surface area contributed by atoms with Crippen molar-refractivity contribution in [2.45, 2.75) is 6.61 Å². The summed E-state index contributed by atoms with van der Waals surface area (Å²) in [5, 5.41) is 1.86. The lowest BCUT2D eigenvalue weighted by atomic mass is 10.4. The molecule has 8 heteroatoms. The van der Waals surface area contributed by atoms with Gasteiger partial charge in [-0.2, -0.15) is 0 Å². The van der Waals surface area contributed by atoms with Crippen LogP contribution in [0, 0.1) is 0 Å². The van der Waals surface area contributed by atoms with Crippen molar-refractivity contribution in [3.05, 3.63) is 29.5 Å². The Hall–Kier alpha value is -1.80. The van der Waals surface area contributed by atoms with E-state index in [4.69, 9.17) is 9.15 Å². The lowest BCUT2D eigenvalue weighted by Gasteiger charge is -2.12. The van der Waals surface area contributed by atoms with E-state index in [1.165, 1.54) is 34.3 Å². The summed E-state index contributed by atoms with van der Waals surface area (Å²) >= 11 is 2.74. The Morgan fingerprint density at radius 1 is 1.52 bits per heavy atom. The largest absolute Gasteiger partial charge is 0.458 e. The van der Waals surface area contributed by atoms with E-state index < -0.39 is 5.97 Å². The Morgan fingerprint density at radius 2 is 2.43 bits per heavy atom. The zero-order chi connectivity index (χ0) is 14.7. The number of rotatable bonds is 5. The average molecular weight is 324 g/mol. The standard InChI is InChI=1S/C13H12N2O4S2/c16-11(6-15-3-5-21-13(15)17)18-7-9-8-19-12(14-9)10-2-1-4-20-10/h1-2,4,8H,3,5-7H2. The lowest BCUT2D eigenvalue weighted by Crippen LogP contribution is -2.30. The molecule has 0 spiro atoms. The highest BCUT2D eigenvalue weighted by Gasteiger charge is 2.24. The van der Waals surface area contributed by atoms with Crippen molar-refractivity contribution in [2.75, 3.05) is 18.8 Å². The van der Waals surface area contributed by atoms with Gasteiger partial charge in [-0.25, -0.2) is 4.98 Å². The zero-order valence-corrected chi connectivity index (χ0v) is 12.6. The summed E-state index contributed by atoms with van der Waals surface area (Å²) in [6.07, 6.45) is 1.47. The fourth-order valence-electron chi connectivity index (χ4n) is 1.81. The van der Waals surface area contributed by atoms with Crippen molar-refractivity contribution in [1.29, 1.82) is 0 Å². The van der Waals surface area contributed by atoms with Crippen molar-refractivity contribution in [2.24, 2.45) is 0 Å². The zero-order valence-electron chi connectivity index (χ0n) is 11.0. The quantitative estimate of drug-likeness (QED) is 0.787. The number of hydrogen-bond donors (Lipinski definition) is 0. The fraction of sp³-hybridized carbons (Fsp3) is 0.308. The molecule has 1 amide bonds. The molecule has 6 nitrogen and oxygen atoms in total. The van der Waals surface area contributed by atoms with Gasteiger partial charge in [0.25, 0.3) is 5.24 Å². The third-order valence-electron chi connectivity index (χ3n) is 2.83. The molecule has 3 rings (SSSR count). The molecule has 0 saturated carbocycles. The number of oxazole rings is 1. The summed E-state index contributed by atoms with van der Waals surface area (Å²) < 4.78 is 10.4. The third-order valence-corrected chi connectivity index (χ3v) is 4.58. The maximum absolute atomic E-state index is 11.7. The van der Waals surface area contributed by atoms with Crippen LogP contribution in [0.2, 0.25) is 0 Å². The van der Waals surface area contributed by atoms with E-state index in [9.17, 15) is 9.59 Å². The number of esters is 1. The molecule has 1 saturated heterocycles. The highest BCUT2D eigenvalue weighted by atomic mass is 32.2. The van der Waals surface area contributed by atoms with Crippen molar-refractivity contribution < 1.29 is 18.7 Å². The second-order valence-electron chi connectivity index (χ2n) is 4.32. The summed E-state index contributed by atoms with van der Waals surface area (Å²) in [4.78, 5) is 29.7. The van der Waals surface area contributed by atoms with Crippen molar-refractivity contribution >= 4 is 34.3 Å². The average Bonchev–Trinajstić information content (AvgIpc) is 3.18. The molecule has 21 heavy (non-hydrogen) atoms. The van der Waals surface area contributed by atoms with E-state index >= 15 is 0 Å². The SMILES string of the molecule is O=C(CN1CCSC1=O)OCc1coc(-c2cccs2)n1. The van der Waals surface area contributed by atoms with Crippen LogP contribution >= 0.6 is 23.1 Å². The van der Waals surface area contributed by atoms with E-state index in [0.717, 1.165) is 10.6 Å². The van der Waals surface area contributed by atoms with Gasteiger partial charge >= 0.3 is 5.97 Å². The number of thioether (sulfide) groups is 1. The van der Waals surface area contributed by atoms with Gasteiger partial charge in [-0.15, -0.1) is 11.3 Å². The van der Waals surface area contributed by atoms with Crippen LogP contribution in [0.5, 0.6) is 0 Å². The number of thiophene rings is 1. The van der Waals surface area contributed by atoms with E-state index in [2.05, 4.69) is 4.98 Å². The predicted molar refractivity (Wildman–Crippen MR) is 79.0 cm³/mol. The van der Waals surface area contributed by atoms with Crippen molar-refractivity contribution in [3.8, 4) is 10.8 Å². The molecule has 1 fully saturated rings. The Kier molecular flexibility index (Phi) is 4.26. The van der Waals surface area contributed by atoms with Gasteiger partial charge in [-0.3, -0.25) is 9.59 Å². The van der Waals surface area contributed by atoms with Gasteiger partial charge in [0.05, 0.1) is 4.88 Å². The number of carbonyl (C=O) groups is 2. The molecule has 110 valence electrons. The Bertz CT molecular complexity index is 638. The molecule has 0 aliphatic carbocycles. The van der Waals surface area contributed by atoms with Crippen LogP contribution in [0.15, 0.2) is 28.2 Å². The number of nitrogens with zero attached hydrogens (tertiary/aromatic N) is 2. The van der Waals surface area contributed by atoms with Gasteiger partial charge in [0.1, 0.15) is 25.1 Å². The molecular weight excluding hydrogens is 312 g/mol. The third kappa shape index (κ3) is 3.45. The molecule has 3 heterocycles. The molecule has 0 N–H and O–H groups in total. The van der Waals surface area contributed by atoms with Gasteiger partial charge in [0.2, 0.25) is 5.89 Å². The molecule has 2 aromatic heterocycles. The number of carbonyl (C=O) groups excluding carboxylic acids is 2. The van der Waals surface area contributed by atoms with Gasteiger partial charge in [-0.1, -0.05) is 17.8 Å². The monoisotopic (exact) mass is 324 g/mol. The van der Waals surface area contributed by atoms with E-state index in [1.54, 1.807) is 0 Å². The minimum atomic E-state index is -0.438. The molecule has 1 aliphatic rings. The Labute approximate surface area is 129 Å². The first-order chi connectivity index (χ1) is 10.2. The molecule has 0 radical (unpaired) electrons. The number of aromatic nitrogens is 1. The van der Waals surface area contributed by atoms with Gasteiger partial charge in [0, 0.05) is 12.3 Å². The highest BCUT2D eigenvalue weighted by Crippen LogP contribution is 2.23. The number of amides is 1. The van der Waals surface area contributed by atoms with E-state index in [-0.39, 0.29) is 18.4 Å². The Morgan fingerprint density at radius 3 is 3.14 bits per heavy atom. The minimum absolute atomic E-state index is 0.0124. The van der Waals surface area contributed by atoms with Gasteiger partial charge in [-0.05, 0) is 11.4 Å². The summed E-state index contributed by atoms with van der Waals surface area (Å²) in [6.45, 7) is 0.620. The minimum Gasteiger partial charge on any atom is -0.458 e. The maximum Gasteiger partial charge on any atom is 0.326 e. The van der Waals surface area contributed by atoms with Crippen LogP contribution in [0.3, 0.4) is 0 Å². The second kappa shape index (κ2) is 6.31. The highest BCUT2D eigenvalue weighted by molar-refractivity contribution is 8.13. The first-order valence-corrected chi connectivity index (χ1v) is 8.14. The topological polar surface area (TPSA) is 72.6 Å². The van der Waals surface area contributed by atoms with Crippen LogP contribution in [0.25, 0.3) is 10.8 Å². The Balaban J connectivity index is 1.51. The molecular formula is C13H12N2O4S2. The maximum atomic E-state index is 11.7. The number of ether oxygens (including phenoxy) is 1. The molecule has 0 bridgehead atoms. The first-order valence-electron chi connectivity index (χ1n) is 6.28. The summed E-state index contributed by atoms with van der Waals surface area (Å²) in [6, 6.07) is 3.82. The number of hydrogen-bond acceptors (Lipinski definition) is 7. The van der Waals surface area contributed by atoms with E-state index in [0.29, 0.717) is 18.1 Å². The normalized spacial score (nSPS) is 14.7. The van der Waals surface area contributed by atoms with Crippen LogP contribution in [0.1, 0.15) is 5.69 Å². The first kappa shape index (κ1) is 14.2. The van der Waals surface area contributed by atoms with Gasteiger partial charge < -0.3 is 14.1 Å². The summed E-state index contributed by atoms with van der Waals surface area (Å²) in [5.41, 5.74) is 0.550. The van der Waals surface area contributed by atoms with Crippen LogP contribution in [0.4, 0.5) is 4.79 Å². The van der Waals surface area contributed by atoms with Gasteiger partial charge in [0.15, 0.2) is 0 Å². The molecule has 1 aliphatic heterocycles. The lowest BCUT2D eigenvalue weighted by molar-refractivity contribution is -0.145. The van der Waals surface area contributed by atoms with Crippen LogP contribution in [-0.2, 0) is 16.1 Å². The molecule has 0 atom stereocenters. The van der Waals surface area contributed by atoms with Crippen molar-refractivity contribution in [1.82, 2.24) is 9.88 Å². The van der Waals surface area contributed by atoms with E-state index in [1.807, 2.05) is 17.5 Å². The summed E-state index contributed by atoms with van der Waals surface area (Å²) in [5.74, 6) is 0.799. The fourth-order valence-corrected chi connectivity index (χ4v) is 3.29. The van der Waals surface area contributed by atoms with Crippen molar-refractivity contribution in [3.63, 3.8) is 0 Å². The summed E-state index contributed by atoms with van der Waals surface area (Å²) in [7, 11) is 0. The van der Waals surface area contributed by atoms with Crippen LogP contribution in [-0.4, -0.2) is 39.9 Å². The smallest absolute Gasteiger partial charge is 0.326 e. The predicted octanol–water partition coefficient (Wildman–Crippen LogP) is 2.62. The molecule has 0 aromatic carbocycles. The van der Waals surface area contributed by atoms with Crippen LogP contribution < -0.4 is 0 Å².